The second-order valence-electron chi connectivity index (χ2n) is 6.53. The molecular formula is C16H42N2. The summed E-state index contributed by atoms with van der Waals surface area (Å²) < 4.78 is 0. The van der Waals surface area contributed by atoms with Crippen molar-refractivity contribution in [1.82, 2.24) is 9.80 Å². The van der Waals surface area contributed by atoms with Crippen LogP contribution in [0.25, 0.3) is 0 Å². The average Bonchev–Trinajstić information content (AvgIpc) is 2.02. The second kappa shape index (κ2) is 7.49. The van der Waals surface area contributed by atoms with E-state index in [9.17, 15) is 0 Å². The SMILES string of the molecule is C.C.C.CN(C)C(C)(C)C(C)(C)C(C)(C)N(C)C. The van der Waals surface area contributed by atoms with Crippen molar-refractivity contribution >= 4 is 0 Å². The van der Waals surface area contributed by atoms with Gasteiger partial charge < -0.3 is 9.80 Å². The molecule has 0 fully saturated rings. The maximum atomic E-state index is 2.35. The lowest BCUT2D eigenvalue weighted by Crippen LogP contribution is -2.63. The predicted octanol–water partition coefficient (Wildman–Crippen LogP) is 4.60. The highest BCUT2D eigenvalue weighted by Crippen LogP contribution is 2.45. The Bertz CT molecular complexity index is 191. The summed E-state index contributed by atoms with van der Waals surface area (Å²) in [5.74, 6) is 0. The van der Waals surface area contributed by atoms with Gasteiger partial charge in [-0.2, -0.15) is 0 Å². The van der Waals surface area contributed by atoms with E-state index in [1.807, 2.05) is 0 Å². The molecule has 0 radical (unpaired) electrons. The molecular weight excluding hydrogens is 220 g/mol. The maximum absolute atomic E-state index is 2.35. The lowest BCUT2D eigenvalue weighted by Gasteiger charge is -2.57. The first-order chi connectivity index (χ1) is 6.39. The van der Waals surface area contributed by atoms with Crippen molar-refractivity contribution < 1.29 is 0 Å². The molecule has 0 saturated carbocycles. The highest BCUT2D eigenvalue weighted by molar-refractivity contribution is 5.05. The Hall–Kier alpha value is -0.0800. The maximum Gasteiger partial charge on any atom is 0.0215 e. The monoisotopic (exact) mass is 262 g/mol. The van der Waals surface area contributed by atoms with Crippen molar-refractivity contribution in [2.24, 2.45) is 5.41 Å². The van der Waals surface area contributed by atoms with E-state index in [1.165, 1.54) is 0 Å². The van der Waals surface area contributed by atoms with Gasteiger partial charge in [-0.25, -0.2) is 0 Å². The first-order valence-corrected chi connectivity index (χ1v) is 5.74. The third-order valence-electron chi connectivity index (χ3n) is 5.30. The van der Waals surface area contributed by atoms with Gasteiger partial charge in [0.25, 0.3) is 0 Å². The minimum atomic E-state index is 0. The molecule has 0 rings (SSSR count). The average molecular weight is 263 g/mol. The molecule has 0 aromatic carbocycles. The first kappa shape index (κ1) is 26.5. The molecule has 0 spiro atoms. The molecule has 0 aliphatic heterocycles. The highest BCUT2D eigenvalue weighted by atomic mass is 15.2. The van der Waals surface area contributed by atoms with Gasteiger partial charge in [0.15, 0.2) is 0 Å². The van der Waals surface area contributed by atoms with Gasteiger partial charge >= 0.3 is 0 Å². The van der Waals surface area contributed by atoms with Crippen molar-refractivity contribution in [2.75, 3.05) is 28.2 Å². The Morgan fingerprint density at radius 2 is 0.667 bits per heavy atom. The van der Waals surface area contributed by atoms with Crippen molar-refractivity contribution in [2.45, 2.75) is 74.9 Å². The minimum Gasteiger partial charge on any atom is -0.304 e. The Morgan fingerprint density at radius 1 is 0.500 bits per heavy atom. The molecule has 18 heavy (non-hydrogen) atoms. The Morgan fingerprint density at radius 3 is 0.778 bits per heavy atom. The van der Waals surface area contributed by atoms with Crippen LogP contribution in [0.1, 0.15) is 63.8 Å². The largest absolute Gasteiger partial charge is 0.304 e. The molecule has 2 heteroatoms. The summed E-state index contributed by atoms with van der Waals surface area (Å²) in [6, 6.07) is 0. The number of hydrogen-bond donors (Lipinski definition) is 0. The van der Waals surface area contributed by atoms with E-state index in [1.54, 1.807) is 0 Å². The van der Waals surface area contributed by atoms with Gasteiger partial charge in [-0.05, 0) is 55.9 Å². The van der Waals surface area contributed by atoms with E-state index in [-0.39, 0.29) is 38.8 Å². The van der Waals surface area contributed by atoms with Gasteiger partial charge in [0.2, 0.25) is 0 Å². The summed E-state index contributed by atoms with van der Waals surface area (Å²) in [5.41, 5.74) is 0.495. The third kappa shape index (κ3) is 3.96. The third-order valence-corrected chi connectivity index (χ3v) is 5.30. The lowest BCUT2D eigenvalue weighted by molar-refractivity contribution is -0.0581. The zero-order valence-electron chi connectivity index (χ0n) is 12.4. The van der Waals surface area contributed by atoms with Crippen LogP contribution in [0.4, 0.5) is 0 Å². The van der Waals surface area contributed by atoms with Gasteiger partial charge in [-0.3, -0.25) is 0 Å². The summed E-state index contributed by atoms with van der Waals surface area (Å²) in [7, 11) is 8.64. The zero-order valence-corrected chi connectivity index (χ0v) is 12.4. The summed E-state index contributed by atoms with van der Waals surface area (Å²) in [6.07, 6.45) is 0. The quantitative estimate of drug-likeness (QED) is 0.730. The molecule has 0 heterocycles. The van der Waals surface area contributed by atoms with E-state index in [2.05, 4.69) is 79.5 Å². The first-order valence-electron chi connectivity index (χ1n) is 5.74. The van der Waals surface area contributed by atoms with E-state index < -0.39 is 0 Å². The number of nitrogens with zero attached hydrogens (tertiary/aromatic N) is 2. The molecule has 0 amide bonds. The molecule has 0 aliphatic carbocycles. The predicted molar refractivity (Wildman–Crippen MR) is 89.5 cm³/mol. The van der Waals surface area contributed by atoms with Gasteiger partial charge in [0, 0.05) is 16.5 Å². The van der Waals surface area contributed by atoms with Crippen LogP contribution in [-0.2, 0) is 0 Å². The normalized spacial score (nSPS) is 12.7. The second-order valence-corrected chi connectivity index (χ2v) is 6.53. The van der Waals surface area contributed by atoms with E-state index in [0.29, 0.717) is 0 Å². The Labute approximate surface area is 119 Å². The molecule has 116 valence electrons. The molecule has 2 nitrogen and oxygen atoms in total. The van der Waals surface area contributed by atoms with Crippen LogP contribution in [0.15, 0.2) is 0 Å². The molecule has 0 N–H and O–H groups in total. The fourth-order valence-corrected chi connectivity index (χ4v) is 1.87. The summed E-state index contributed by atoms with van der Waals surface area (Å²) in [4.78, 5) is 4.64. The van der Waals surface area contributed by atoms with Crippen molar-refractivity contribution in [3.63, 3.8) is 0 Å². The van der Waals surface area contributed by atoms with Gasteiger partial charge in [-0.1, -0.05) is 36.1 Å². The van der Waals surface area contributed by atoms with E-state index in [0.717, 1.165) is 0 Å². The summed E-state index contributed by atoms with van der Waals surface area (Å²) in [6.45, 7) is 14.0. The smallest absolute Gasteiger partial charge is 0.0215 e. The fourth-order valence-electron chi connectivity index (χ4n) is 1.87. The Kier molecular flexibility index (Phi) is 11.0. The van der Waals surface area contributed by atoms with Crippen molar-refractivity contribution in [1.29, 1.82) is 0 Å². The number of hydrogen-bond acceptors (Lipinski definition) is 2. The van der Waals surface area contributed by atoms with Gasteiger partial charge in [0.05, 0.1) is 0 Å². The lowest BCUT2D eigenvalue weighted by atomic mass is 9.62. The van der Waals surface area contributed by atoms with Crippen molar-refractivity contribution in [3.8, 4) is 0 Å². The minimum absolute atomic E-state index is 0. The van der Waals surface area contributed by atoms with Crippen LogP contribution in [0.3, 0.4) is 0 Å². The topological polar surface area (TPSA) is 6.48 Å². The molecule has 0 saturated heterocycles. The van der Waals surface area contributed by atoms with Crippen LogP contribution in [-0.4, -0.2) is 49.1 Å². The van der Waals surface area contributed by atoms with Crippen LogP contribution in [0.5, 0.6) is 0 Å². The summed E-state index contributed by atoms with van der Waals surface area (Å²) in [5, 5.41) is 0. The number of rotatable bonds is 4. The van der Waals surface area contributed by atoms with Crippen LogP contribution >= 0.6 is 0 Å². The standard InChI is InChI=1S/C13H30N2.3CH4/c1-11(2,12(3,4)14(7)8)13(5,6)15(9)10;;;/h1-10H3;3*1H4. The zero-order chi connectivity index (χ0) is 12.7. The molecule has 0 atom stereocenters. The van der Waals surface area contributed by atoms with Crippen LogP contribution in [0.2, 0.25) is 0 Å². The van der Waals surface area contributed by atoms with E-state index in [4.69, 9.17) is 0 Å². The highest BCUT2D eigenvalue weighted by Gasteiger charge is 2.50. The molecule has 0 unspecified atom stereocenters. The van der Waals surface area contributed by atoms with E-state index >= 15 is 0 Å². The van der Waals surface area contributed by atoms with Crippen LogP contribution in [0, 0.1) is 5.41 Å². The molecule has 0 aromatic rings. The molecule has 0 aromatic heterocycles. The fraction of sp³-hybridized carbons (Fsp3) is 1.00. The van der Waals surface area contributed by atoms with Gasteiger partial charge in [-0.15, -0.1) is 0 Å². The molecule has 0 aliphatic rings. The summed E-state index contributed by atoms with van der Waals surface area (Å²) >= 11 is 0. The Balaban J connectivity index is -0.000000327. The van der Waals surface area contributed by atoms with Crippen LogP contribution < -0.4 is 0 Å². The van der Waals surface area contributed by atoms with Crippen molar-refractivity contribution in [3.05, 3.63) is 0 Å². The molecule has 0 bridgehead atoms. The van der Waals surface area contributed by atoms with Gasteiger partial charge in [0.1, 0.15) is 0 Å².